The molecule has 0 aliphatic rings. The average molecular weight is 1130 g/mol. The van der Waals surface area contributed by atoms with Crippen molar-refractivity contribution in [2.24, 2.45) is 0 Å². The minimum absolute atomic E-state index is 0.0358. The highest BCUT2D eigenvalue weighted by molar-refractivity contribution is 7.47. The Morgan fingerprint density at radius 1 is 0.443 bits per heavy atom. The van der Waals surface area contributed by atoms with Gasteiger partial charge in [-0.3, -0.25) is 18.6 Å². The number of nitrogens with zero attached hydrogens (tertiary/aromatic N) is 1. The first-order valence-electron chi connectivity index (χ1n) is 33.3. The smallest absolute Gasteiger partial charge is 0.456 e. The largest absolute Gasteiger partial charge is 0.472 e. The van der Waals surface area contributed by atoms with E-state index in [1.807, 2.05) is 33.3 Å². The summed E-state index contributed by atoms with van der Waals surface area (Å²) in [7, 11) is 1.49. The van der Waals surface area contributed by atoms with E-state index in [9.17, 15) is 19.0 Å². The van der Waals surface area contributed by atoms with E-state index < -0.39 is 20.0 Å². The number of likely N-dealkylation sites (N-methyl/N-ethyl adjacent to an activating group) is 1. The van der Waals surface area contributed by atoms with Crippen LogP contribution in [-0.2, 0) is 27.9 Å². The molecule has 0 aliphatic heterocycles. The number of hydrogen-bond donors (Lipinski definition) is 2. The van der Waals surface area contributed by atoms with Gasteiger partial charge >= 0.3 is 13.8 Å². The lowest BCUT2D eigenvalue weighted by Gasteiger charge is -2.27. The number of unbranched alkanes of at least 4 members (excludes halogenated alkanes) is 34. The molecule has 0 saturated carbocycles. The van der Waals surface area contributed by atoms with Crippen LogP contribution in [-0.4, -0.2) is 74.3 Å². The number of allylic oxidation sites excluding steroid dienone is 11. The lowest BCUT2D eigenvalue weighted by Crippen LogP contribution is -2.47. The highest BCUT2D eigenvalue weighted by atomic mass is 31.2. The van der Waals surface area contributed by atoms with Crippen LogP contribution in [0.15, 0.2) is 72.9 Å². The average Bonchev–Trinajstić information content (AvgIpc) is 3.41. The van der Waals surface area contributed by atoms with Crippen molar-refractivity contribution in [3.05, 3.63) is 72.9 Å². The summed E-state index contributed by atoms with van der Waals surface area (Å²) in [6.45, 7) is 6.98. The molecule has 0 aliphatic carbocycles. The molecule has 0 fully saturated rings. The normalized spacial score (nSPS) is 14.1. The molecule has 0 aromatic rings. The number of phosphoric acid groups is 1. The van der Waals surface area contributed by atoms with Crippen LogP contribution in [0.3, 0.4) is 0 Å². The van der Waals surface area contributed by atoms with Gasteiger partial charge in [0.1, 0.15) is 19.3 Å². The summed E-state index contributed by atoms with van der Waals surface area (Å²) in [5.41, 5.74) is 0. The summed E-state index contributed by atoms with van der Waals surface area (Å²) >= 11 is 0. The van der Waals surface area contributed by atoms with Crippen molar-refractivity contribution >= 4 is 19.7 Å². The first-order valence-corrected chi connectivity index (χ1v) is 34.8. The maximum absolute atomic E-state index is 13.6. The zero-order chi connectivity index (χ0) is 57.9. The van der Waals surface area contributed by atoms with E-state index in [0.29, 0.717) is 17.4 Å². The van der Waals surface area contributed by atoms with E-state index in [0.717, 1.165) is 89.9 Å². The second kappa shape index (κ2) is 58.6. The molecule has 9 nitrogen and oxygen atoms in total. The van der Waals surface area contributed by atoms with E-state index in [2.05, 4.69) is 86.8 Å². The van der Waals surface area contributed by atoms with Crippen LogP contribution >= 0.6 is 7.82 Å². The van der Waals surface area contributed by atoms with Gasteiger partial charge in [-0.25, -0.2) is 4.57 Å². The molecule has 0 rings (SSSR count). The molecule has 0 spiro atoms. The topological polar surface area (TPSA) is 111 Å². The molecule has 10 heteroatoms. The molecule has 0 bridgehead atoms. The fourth-order valence-electron chi connectivity index (χ4n) is 9.45. The van der Waals surface area contributed by atoms with Gasteiger partial charge in [0, 0.05) is 12.8 Å². The first kappa shape index (κ1) is 76.5. The van der Waals surface area contributed by atoms with Gasteiger partial charge in [0.2, 0.25) is 5.91 Å². The Morgan fingerprint density at radius 3 is 1.18 bits per heavy atom. The molecule has 0 aromatic carbocycles. The summed E-state index contributed by atoms with van der Waals surface area (Å²) < 4.78 is 30.8. The lowest BCUT2D eigenvalue weighted by atomic mass is 10.0. The minimum Gasteiger partial charge on any atom is -0.456 e. The third kappa shape index (κ3) is 59.9. The van der Waals surface area contributed by atoms with Gasteiger partial charge in [-0.15, -0.1) is 0 Å². The Labute approximate surface area is 489 Å². The zero-order valence-corrected chi connectivity index (χ0v) is 53.5. The Kier molecular flexibility index (Phi) is 56.7. The standard InChI is InChI=1S/C69H127N2O7P/c1-7-10-13-16-19-22-25-28-30-32-34-35-37-38-40-43-46-49-52-55-58-61-68(72)70-66(65-77-79(74,75)76-64-63-71(4,5)6)67(60-57-54-51-48-45-42-27-24-21-18-15-12-9-3)78-69(73)62-59-56-53-50-47-44-41-39-36-33-31-29-26-23-20-17-14-11-8-2/h19-20,22-23,28-31,36,39,57,60,66-67H,7-18,21,24-27,32-35,37-38,40-56,58-59,61-65H2,1-6H3,(H-,70,72,74,75)/p+1/b22-19-,23-20-,30-28-,31-29-,39-36-,60-57+. The van der Waals surface area contributed by atoms with Crippen LogP contribution in [0.1, 0.15) is 303 Å². The number of nitrogens with one attached hydrogen (secondary N) is 1. The highest BCUT2D eigenvalue weighted by Gasteiger charge is 2.30. The third-order valence-corrected chi connectivity index (χ3v) is 15.6. The number of carbonyl (C=O) groups excluding carboxylic acids is 2. The van der Waals surface area contributed by atoms with Gasteiger partial charge in [0.25, 0.3) is 0 Å². The van der Waals surface area contributed by atoms with Crippen molar-refractivity contribution in [1.82, 2.24) is 5.32 Å². The van der Waals surface area contributed by atoms with Crippen molar-refractivity contribution in [2.45, 2.75) is 315 Å². The third-order valence-electron chi connectivity index (χ3n) is 14.6. The fourth-order valence-corrected chi connectivity index (χ4v) is 10.2. The Bertz CT molecular complexity index is 1580. The molecule has 0 heterocycles. The molecule has 2 N–H and O–H groups in total. The lowest BCUT2D eigenvalue weighted by molar-refractivity contribution is -0.870. The van der Waals surface area contributed by atoms with Crippen LogP contribution in [0.2, 0.25) is 0 Å². The van der Waals surface area contributed by atoms with Crippen molar-refractivity contribution in [2.75, 3.05) is 40.9 Å². The van der Waals surface area contributed by atoms with E-state index in [1.165, 1.54) is 180 Å². The molecule has 0 aromatic heterocycles. The van der Waals surface area contributed by atoms with Gasteiger partial charge in [0.05, 0.1) is 33.8 Å². The SMILES string of the molecule is CCCCC/C=C\C/C=C\C/C=C\CCCCCCCCC(=O)OC(/C=C/CCCCCCCCCCCCC)C(COP(=O)(O)OCC[N+](C)(C)C)NC(=O)CCCCCCCCCCCCC/C=C\C/C=C\CCCCC. The highest BCUT2D eigenvalue weighted by Crippen LogP contribution is 2.43. The number of carbonyl (C=O) groups is 2. The fraction of sp³-hybridized carbons (Fsp3) is 0.797. The Morgan fingerprint density at radius 2 is 0.772 bits per heavy atom. The maximum atomic E-state index is 13.6. The second-order valence-corrected chi connectivity index (χ2v) is 25.1. The number of phosphoric ester groups is 1. The number of quaternary nitrogens is 1. The molecule has 1 amide bonds. The molecule has 3 atom stereocenters. The van der Waals surface area contributed by atoms with Gasteiger partial charge < -0.3 is 19.4 Å². The van der Waals surface area contributed by atoms with Gasteiger partial charge in [-0.2, -0.15) is 0 Å². The summed E-state index contributed by atoms with van der Waals surface area (Å²) in [6, 6.07) is -0.858. The first-order chi connectivity index (χ1) is 38.4. The molecule has 79 heavy (non-hydrogen) atoms. The van der Waals surface area contributed by atoms with Gasteiger partial charge in [-0.1, -0.05) is 261 Å². The van der Waals surface area contributed by atoms with Crippen molar-refractivity contribution in [3.63, 3.8) is 0 Å². The van der Waals surface area contributed by atoms with Gasteiger partial charge in [-0.05, 0) is 102 Å². The summed E-state index contributed by atoms with van der Waals surface area (Å²) in [5.74, 6) is -0.516. The van der Waals surface area contributed by atoms with Crippen LogP contribution in [0, 0.1) is 0 Å². The maximum Gasteiger partial charge on any atom is 0.472 e. The van der Waals surface area contributed by atoms with Crippen LogP contribution < -0.4 is 5.32 Å². The van der Waals surface area contributed by atoms with E-state index in [-0.39, 0.29) is 31.5 Å². The Balaban J connectivity index is 5.23. The molecule has 0 saturated heterocycles. The van der Waals surface area contributed by atoms with E-state index in [4.69, 9.17) is 13.8 Å². The molecule has 0 radical (unpaired) electrons. The van der Waals surface area contributed by atoms with Gasteiger partial charge in [0.15, 0.2) is 0 Å². The van der Waals surface area contributed by atoms with E-state index >= 15 is 0 Å². The molecule has 3 unspecified atom stereocenters. The number of ether oxygens (including phenoxy) is 1. The van der Waals surface area contributed by atoms with Crippen molar-refractivity contribution in [3.8, 4) is 0 Å². The second-order valence-electron chi connectivity index (χ2n) is 23.6. The predicted octanol–water partition coefficient (Wildman–Crippen LogP) is 20.8. The molecular weight excluding hydrogens is 1000 g/mol. The minimum atomic E-state index is -4.46. The number of rotatable bonds is 60. The van der Waals surface area contributed by atoms with Crippen LogP contribution in [0.25, 0.3) is 0 Å². The molecular formula is C69H128N2O7P+. The quantitative estimate of drug-likeness (QED) is 0.0205. The zero-order valence-electron chi connectivity index (χ0n) is 52.6. The van der Waals surface area contributed by atoms with Crippen LogP contribution in [0.4, 0.5) is 0 Å². The monoisotopic (exact) mass is 1130 g/mol. The predicted molar refractivity (Wildman–Crippen MR) is 341 cm³/mol. The summed E-state index contributed by atoms with van der Waals surface area (Å²) in [5, 5.41) is 3.06. The van der Waals surface area contributed by atoms with Crippen LogP contribution in [0.5, 0.6) is 0 Å². The number of esters is 1. The molecule has 460 valence electrons. The number of hydrogen-bond acceptors (Lipinski definition) is 6. The van der Waals surface area contributed by atoms with E-state index in [1.54, 1.807) is 0 Å². The van der Waals surface area contributed by atoms with Crippen molar-refractivity contribution < 1.29 is 37.3 Å². The summed E-state index contributed by atoms with van der Waals surface area (Å²) in [4.78, 5) is 37.8. The summed E-state index contributed by atoms with van der Waals surface area (Å²) in [6.07, 6.45) is 76.1. The van der Waals surface area contributed by atoms with Crippen molar-refractivity contribution in [1.29, 1.82) is 0 Å². The Hall–Kier alpha value is -2.55. The number of amides is 1.